The monoisotopic (exact) mass is 355 g/mol. The fourth-order valence-electron chi connectivity index (χ4n) is 3.05. The van der Waals surface area contributed by atoms with E-state index in [2.05, 4.69) is 16.0 Å². The molecule has 3 aromatic heterocycles. The Hall–Kier alpha value is -2.05. The summed E-state index contributed by atoms with van der Waals surface area (Å²) >= 11 is 3.19. The van der Waals surface area contributed by atoms with E-state index >= 15 is 0 Å². The third-order valence-electron chi connectivity index (χ3n) is 4.25. The number of amides is 1. The number of carbonyl (C=O) groups excluding carboxylic acids is 1. The summed E-state index contributed by atoms with van der Waals surface area (Å²) in [5, 5.41) is 4.84. The largest absolute Gasteiger partial charge is 0.337 e. The molecule has 0 saturated carbocycles. The highest BCUT2D eigenvalue weighted by Crippen LogP contribution is 2.29. The molecule has 1 aliphatic rings. The molecule has 4 nitrogen and oxygen atoms in total. The van der Waals surface area contributed by atoms with Crippen molar-refractivity contribution < 1.29 is 4.79 Å². The van der Waals surface area contributed by atoms with Crippen LogP contribution >= 0.6 is 22.7 Å². The summed E-state index contributed by atoms with van der Waals surface area (Å²) in [7, 11) is 0. The van der Waals surface area contributed by atoms with Crippen molar-refractivity contribution in [3.8, 4) is 9.88 Å². The summed E-state index contributed by atoms with van der Waals surface area (Å²) in [4.78, 5) is 24.7. The van der Waals surface area contributed by atoms with E-state index in [-0.39, 0.29) is 5.91 Å². The first-order valence-corrected chi connectivity index (χ1v) is 9.74. The van der Waals surface area contributed by atoms with Crippen LogP contribution in [0.3, 0.4) is 0 Å². The van der Waals surface area contributed by atoms with Gasteiger partial charge < -0.3 is 4.90 Å². The zero-order chi connectivity index (χ0) is 16.4. The molecule has 1 saturated heterocycles. The van der Waals surface area contributed by atoms with Gasteiger partial charge in [0.2, 0.25) is 0 Å². The minimum atomic E-state index is 0.0533. The number of thiazole rings is 1. The lowest BCUT2D eigenvalue weighted by atomic mass is 10.0. The number of rotatable bonds is 4. The molecule has 1 atom stereocenters. The number of carbonyl (C=O) groups is 1. The fourth-order valence-corrected chi connectivity index (χ4v) is 4.65. The normalized spacial score (nSPS) is 17.3. The first-order chi connectivity index (χ1) is 11.8. The molecule has 0 aromatic carbocycles. The second-order valence-electron chi connectivity index (χ2n) is 5.95. The van der Waals surface area contributed by atoms with Gasteiger partial charge in [0.1, 0.15) is 10.7 Å². The standard InChI is InChI=1S/C18H17N3OS2/c22-18(15-12-24-17(20-15)16-5-3-9-23-16)21-8-6-13(11-21)10-14-4-1-2-7-19-14/h1-5,7,9,12-13H,6,8,10-11H2. The van der Waals surface area contributed by atoms with Gasteiger partial charge in [-0.15, -0.1) is 22.7 Å². The van der Waals surface area contributed by atoms with Gasteiger partial charge in [0.05, 0.1) is 4.88 Å². The van der Waals surface area contributed by atoms with Crippen molar-refractivity contribution in [2.45, 2.75) is 12.8 Å². The fraction of sp³-hybridized carbons (Fsp3) is 0.278. The van der Waals surface area contributed by atoms with E-state index < -0.39 is 0 Å². The predicted octanol–water partition coefficient (Wildman–Crippen LogP) is 3.97. The number of thiophene rings is 1. The zero-order valence-electron chi connectivity index (χ0n) is 13.1. The summed E-state index contributed by atoms with van der Waals surface area (Å²) < 4.78 is 0. The second-order valence-corrected chi connectivity index (χ2v) is 7.75. The van der Waals surface area contributed by atoms with Crippen LogP contribution in [0.25, 0.3) is 9.88 Å². The van der Waals surface area contributed by atoms with Gasteiger partial charge in [-0.2, -0.15) is 0 Å². The SMILES string of the molecule is O=C(c1csc(-c2cccs2)n1)N1CCC(Cc2ccccn2)C1. The number of hydrogen-bond acceptors (Lipinski definition) is 5. The number of hydrogen-bond donors (Lipinski definition) is 0. The van der Waals surface area contributed by atoms with Gasteiger partial charge in [-0.3, -0.25) is 9.78 Å². The van der Waals surface area contributed by atoms with Crippen molar-refractivity contribution in [2.75, 3.05) is 13.1 Å². The highest BCUT2D eigenvalue weighted by Gasteiger charge is 2.28. The van der Waals surface area contributed by atoms with Gasteiger partial charge >= 0.3 is 0 Å². The average molecular weight is 355 g/mol. The topological polar surface area (TPSA) is 46.1 Å². The van der Waals surface area contributed by atoms with Crippen LogP contribution in [0.5, 0.6) is 0 Å². The van der Waals surface area contributed by atoms with E-state index in [4.69, 9.17) is 0 Å². The van der Waals surface area contributed by atoms with Gasteiger partial charge in [-0.25, -0.2) is 4.98 Å². The van der Waals surface area contributed by atoms with Crippen molar-refractivity contribution in [1.82, 2.24) is 14.9 Å². The van der Waals surface area contributed by atoms with Gasteiger partial charge in [0, 0.05) is 30.4 Å². The number of aromatic nitrogens is 2. The van der Waals surface area contributed by atoms with E-state index in [1.54, 1.807) is 11.3 Å². The quantitative estimate of drug-likeness (QED) is 0.711. The summed E-state index contributed by atoms with van der Waals surface area (Å²) in [6, 6.07) is 10.0. The van der Waals surface area contributed by atoms with Crippen LogP contribution in [0.15, 0.2) is 47.3 Å². The lowest BCUT2D eigenvalue weighted by Gasteiger charge is -2.15. The molecule has 0 bridgehead atoms. The van der Waals surface area contributed by atoms with E-state index in [1.165, 1.54) is 11.3 Å². The van der Waals surface area contributed by atoms with Crippen molar-refractivity contribution in [3.05, 3.63) is 58.7 Å². The van der Waals surface area contributed by atoms with E-state index in [1.807, 2.05) is 46.1 Å². The molecule has 0 aliphatic carbocycles. The predicted molar refractivity (Wildman–Crippen MR) is 97.4 cm³/mol. The number of pyridine rings is 1. The summed E-state index contributed by atoms with van der Waals surface area (Å²) in [5.74, 6) is 0.539. The third-order valence-corrected chi connectivity index (χ3v) is 6.13. The molecule has 0 spiro atoms. The highest BCUT2D eigenvalue weighted by molar-refractivity contribution is 7.20. The van der Waals surface area contributed by atoms with E-state index in [0.29, 0.717) is 11.6 Å². The molecule has 1 amide bonds. The molecule has 1 unspecified atom stereocenters. The highest BCUT2D eigenvalue weighted by atomic mass is 32.1. The molecule has 0 radical (unpaired) electrons. The minimum Gasteiger partial charge on any atom is -0.337 e. The van der Waals surface area contributed by atoms with Gasteiger partial charge in [0.25, 0.3) is 5.91 Å². The Bertz CT molecular complexity index is 814. The summed E-state index contributed by atoms with van der Waals surface area (Å²) in [6.45, 7) is 1.60. The maximum Gasteiger partial charge on any atom is 0.273 e. The Labute approximate surface area is 148 Å². The van der Waals surface area contributed by atoms with Crippen LogP contribution in [0.4, 0.5) is 0 Å². The molecule has 4 heterocycles. The van der Waals surface area contributed by atoms with Gasteiger partial charge in [-0.05, 0) is 42.3 Å². The molecule has 122 valence electrons. The maximum atomic E-state index is 12.7. The van der Waals surface area contributed by atoms with Crippen LogP contribution < -0.4 is 0 Å². The summed E-state index contributed by atoms with van der Waals surface area (Å²) in [6.07, 6.45) is 3.79. The zero-order valence-corrected chi connectivity index (χ0v) is 14.7. The second kappa shape index (κ2) is 6.83. The molecule has 6 heteroatoms. The minimum absolute atomic E-state index is 0.0533. The maximum absolute atomic E-state index is 12.7. The summed E-state index contributed by atoms with van der Waals surface area (Å²) in [5.41, 5.74) is 1.67. The third kappa shape index (κ3) is 3.25. The number of likely N-dealkylation sites (tertiary alicyclic amines) is 1. The van der Waals surface area contributed by atoms with Crippen molar-refractivity contribution in [1.29, 1.82) is 0 Å². The Morgan fingerprint density at radius 1 is 1.25 bits per heavy atom. The first-order valence-electron chi connectivity index (χ1n) is 7.98. The van der Waals surface area contributed by atoms with Crippen LogP contribution in [0.1, 0.15) is 22.6 Å². The van der Waals surface area contributed by atoms with Gasteiger partial charge in [-0.1, -0.05) is 12.1 Å². The molecule has 1 aliphatic heterocycles. The molecule has 3 aromatic rings. The van der Waals surface area contributed by atoms with Crippen LogP contribution in [-0.2, 0) is 6.42 Å². The molecule has 0 N–H and O–H groups in total. The molecular weight excluding hydrogens is 338 g/mol. The van der Waals surface area contributed by atoms with Crippen molar-refractivity contribution in [2.24, 2.45) is 5.92 Å². The average Bonchev–Trinajstić information content (AvgIpc) is 3.36. The van der Waals surface area contributed by atoms with Crippen LogP contribution in [-0.4, -0.2) is 33.9 Å². The van der Waals surface area contributed by atoms with Gasteiger partial charge in [0.15, 0.2) is 0 Å². The Balaban J connectivity index is 1.41. The van der Waals surface area contributed by atoms with Crippen molar-refractivity contribution >= 4 is 28.6 Å². The van der Waals surface area contributed by atoms with E-state index in [0.717, 1.165) is 41.5 Å². The lowest BCUT2D eigenvalue weighted by molar-refractivity contribution is 0.0782. The Morgan fingerprint density at radius 2 is 2.21 bits per heavy atom. The first kappa shape index (κ1) is 15.5. The van der Waals surface area contributed by atoms with Crippen molar-refractivity contribution in [3.63, 3.8) is 0 Å². The molecule has 1 fully saturated rings. The molecule has 4 rings (SSSR count). The van der Waals surface area contributed by atoms with Crippen LogP contribution in [0, 0.1) is 5.92 Å². The molecule has 24 heavy (non-hydrogen) atoms. The molecular formula is C18H17N3OS2. The number of nitrogens with zero attached hydrogens (tertiary/aromatic N) is 3. The van der Waals surface area contributed by atoms with E-state index in [9.17, 15) is 4.79 Å². The van der Waals surface area contributed by atoms with Crippen LogP contribution in [0.2, 0.25) is 0 Å². The smallest absolute Gasteiger partial charge is 0.273 e. The lowest BCUT2D eigenvalue weighted by Crippen LogP contribution is -2.29. The Morgan fingerprint density at radius 3 is 3.00 bits per heavy atom. The Kier molecular flexibility index (Phi) is 4.40.